The predicted octanol–water partition coefficient (Wildman–Crippen LogP) is 3.02. The highest BCUT2D eigenvalue weighted by molar-refractivity contribution is 6.01. The lowest BCUT2D eigenvalue weighted by molar-refractivity contribution is -0.114. The molecule has 0 heterocycles. The fraction of sp³-hybridized carbons (Fsp3) is 0.250. The van der Waals surface area contributed by atoms with E-state index in [1.807, 2.05) is 0 Å². The zero-order chi connectivity index (χ0) is 11.0. The smallest absolute Gasteiger partial charge is 0.156 e. The average Bonchev–Trinajstić information content (AvgIpc) is 2.58. The van der Waals surface area contributed by atoms with Crippen LogP contribution in [-0.4, -0.2) is 5.78 Å². The van der Waals surface area contributed by atoms with Crippen LogP contribution in [0.3, 0.4) is 0 Å². The van der Waals surface area contributed by atoms with Gasteiger partial charge in [0.25, 0.3) is 0 Å². The van der Waals surface area contributed by atoms with Gasteiger partial charge in [-0.2, -0.15) is 0 Å². The number of carbonyl (C=O) groups is 1. The summed E-state index contributed by atoms with van der Waals surface area (Å²) in [5.74, 6) is -1.15. The van der Waals surface area contributed by atoms with Crippen LogP contribution in [0.15, 0.2) is 18.2 Å². The van der Waals surface area contributed by atoms with E-state index in [0.29, 0.717) is 29.5 Å². The van der Waals surface area contributed by atoms with Crippen molar-refractivity contribution in [2.24, 2.45) is 0 Å². The minimum absolute atomic E-state index is 0.00591. The summed E-state index contributed by atoms with van der Waals surface area (Å²) in [6.45, 7) is 1.58. The first kappa shape index (κ1) is 10.0. The monoisotopic (exact) mass is 208 g/mol. The molecule has 0 aromatic heterocycles. The summed E-state index contributed by atoms with van der Waals surface area (Å²) in [4.78, 5) is 11.0. The Morgan fingerprint density at radius 3 is 2.47 bits per heavy atom. The maximum Gasteiger partial charge on any atom is 0.156 e. The van der Waals surface area contributed by atoms with Crippen LogP contribution >= 0.6 is 0 Å². The first-order chi connectivity index (χ1) is 7.08. The summed E-state index contributed by atoms with van der Waals surface area (Å²) in [5, 5.41) is 0. The molecule has 0 saturated carbocycles. The summed E-state index contributed by atoms with van der Waals surface area (Å²) < 4.78 is 26.4. The van der Waals surface area contributed by atoms with Gasteiger partial charge in [0.2, 0.25) is 0 Å². The van der Waals surface area contributed by atoms with E-state index < -0.39 is 11.6 Å². The second-order valence-electron chi connectivity index (χ2n) is 3.72. The highest BCUT2D eigenvalue weighted by atomic mass is 19.1. The normalized spacial score (nSPS) is 15.7. The minimum Gasteiger partial charge on any atom is -0.295 e. The van der Waals surface area contributed by atoms with Crippen LogP contribution in [0.4, 0.5) is 8.78 Å². The van der Waals surface area contributed by atoms with E-state index in [2.05, 4.69) is 0 Å². The number of benzene rings is 1. The van der Waals surface area contributed by atoms with E-state index in [9.17, 15) is 13.6 Å². The maximum absolute atomic E-state index is 13.4. The van der Waals surface area contributed by atoms with Gasteiger partial charge in [0.1, 0.15) is 11.6 Å². The molecular weight excluding hydrogens is 198 g/mol. The lowest BCUT2D eigenvalue weighted by atomic mass is 10.0. The molecule has 1 aliphatic carbocycles. The average molecular weight is 208 g/mol. The Labute approximate surface area is 86.4 Å². The summed E-state index contributed by atoms with van der Waals surface area (Å²) in [6.07, 6.45) is 2.40. The number of ketones is 1. The molecule has 0 saturated heterocycles. The molecule has 0 radical (unpaired) electrons. The molecule has 78 valence electrons. The van der Waals surface area contributed by atoms with E-state index in [4.69, 9.17) is 0 Å². The Morgan fingerprint density at radius 2 is 1.87 bits per heavy atom. The standard InChI is InChI=1S/C12H10F2O/c1-7-4-10(12(14)6-11(7)13)8-2-3-9(15)5-8/h4-6H,2-3H2,1H3. The molecule has 2 rings (SSSR count). The lowest BCUT2D eigenvalue weighted by Crippen LogP contribution is -1.92. The van der Waals surface area contributed by atoms with Crippen molar-refractivity contribution in [1.29, 1.82) is 0 Å². The molecule has 0 spiro atoms. The third-order valence-electron chi connectivity index (χ3n) is 2.57. The summed E-state index contributed by atoms with van der Waals surface area (Å²) in [5.41, 5.74) is 1.41. The third-order valence-corrected chi connectivity index (χ3v) is 2.57. The lowest BCUT2D eigenvalue weighted by Gasteiger charge is -2.05. The van der Waals surface area contributed by atoms with Gasteiger partial charge in [-0.3, -0.25) is 4.79 Å². The van der Waals surface area contributed by atoms with Gasteiger partial charge < -0.3 is 0 Å². The third kappa shape index (κ3) is 1.82. The highest BCUT2D eigenvalue weighted by Crippen LogP contribution is 2.29. The second kappa shape index (κ2) is 3.57. The van der Waals surface area contributed by atoms with Gasteiger partial charge in [0, 0.05) is 18.1 Å². The largest absolute Gasteiger partial charge is 0.295 e. The van der Waals surface area contributed by atoms with Gasteiger partial charge in [-0.15, -0.1) is 0 Å². The molecule has 0 N–H and O–H groups in total. The zero-order valence-electron chi connectivity index (χ0n) is 8.31. The van der Waals surface area contributed by atoms with E-state index in [1.54, 1.807) is 6.92 Å². The molecule has 0 unspecified atom stereocenters. The number of aryl methyl sites for hydroxylation is 1. The fourth-order valence-corrected chi connectivity index (χ4v) is 1.71. The first-order valence-electron chi connectivity index (χ1n) is 4.77. The summed E-state index contributed by atoms with van der Waals surface area (Å²) in [6, 6.07) is 2.32. The number of hydrogen-bond acceptors (Lipinski definition) is 1. The zero-order valence-corrected chi connectivity index (χ0v) is 8.31. The molecule has 1 aromatic rings. The molecular formula is C12H10F2O. The maximum atomic E-state index is 13.4. The highest BCUT2D eigenvalue weighted by Gasteiger charge is 2.17. The Kier molecular flexibility index (Phi) is 2.39. The topological polar surface area (TPSA) is 17.1 Å². The van der Waals surface area contributed by atoms with Crippen molar-refractivity contribution >= 4 is 11.4 Å². The van der Waals surface area contributed by atoms with E-state index in [1.165, 1.54) is 12.1 Å². The fourth-order valence-electron chi connectivity index (χ4n) is 1.71. The Bertz CT molecular complexity index is 461. The number of rotatable bonds is 1. The molecule has 3 heteroatoms. The molecule has 0 atom stereocenters. The number of carbonyl (C=O) groups excluding carboxylic acids is 1. The Hall–Kier alpha value is -1.51. The van der Waals surface area contributed by atoms with Crippen molar-refractivity contribution in [3.63, 3.8) is 0 Å². The van der Waals surface area contributed by atoms with Crippen molar-refractivity contribution in [1.82, 2.24) is 0 Å². The van der Waals surface area contributed by atoms with E-state index in [0.717, 1.165) is 6.07 Å². The molecule has 0 aliphatic heterocycles. The predicted molar refractivity (Wildman–Crippen MR) is 53.3 cm³/mol. The Morgan fingerprint density at radius 1 is 1.13 bits per heavy atom. The van der Waals surface area contributed by atoms with E-state index in [-0.39, 0.29) is 5.78 Å². The molecule has 15 heavy (non-hydrogen) atoms. The van der Waals surface area contributed by atoms with Gasteiger partial charge in [-0.25, -0.2) is 8.78 Å². The second-order valence-corrected chi connectivity index (χ2v) is 3.72. The molecule has 0 fully saturated rings. The molecule has 0 amide bonds. The number of allylic oxidation sites excluding steroid dienone is 2. The van der Waals surface area contributed by atoms with Crippen LogP contribution in [-0.2, 0) is 4.79 Å². The first-order valence-corrected chi connectivity index (χ1v) is 4.77. The SMILES string of the molecule is Cc1cc(C2=CC(=O)CC2)c(F)cc1F. The van der Waals surface area contributed by atoms with Crippen LogP contribution in [0.1, 0.15) is 24.0 Å². The summed E-state index contributed by atoms with van der Waals surface area (Å²) in [7, 11) is 0. The van der Waals surface area contributed by atoms with Crippen LogP contribution < -0.4 is 0 Å². The van der Waals surface area contributed by atoms with Gasteiger partial charge in [0.05, 0.1) is 0 Å². The van der Waals surface area contributed by atoms with Gasteiger partial charge >= 0.3 is 0 Å². The van der Waals surface area contributed by atoms with Gasteiger partial charge in [-0.1, -0.05) is 0 Å². The van der Waals surface area contributed by atoms with Gasteiger partial charge in [-0.05, 0) is 36.6 Å². The minimum atomic E-state index is -0.598. The van der Waals surface area contributed by atoms with Crippen molar-refractivity contribution < 1.29 is 13.6 Å². The number of halogens is 2. The van der Waals surface area contributed by atoms with Crippen LogP contribution in [0.5, 0.6) is 0 Å². The Balaban J connectivity index is 2.49. The quantitative estimate of drug-likeness (QED) is 0.693. The molecule has 1 aromatic carbocycles. The van der Waals surface area contributed by atoms with Crippen LogP contribution in [0, 0.1) is 18.6 Å². The van der Waals surface area contributed by atoms with E-state index >= 15 is 0 Å². The summed E-state index contributed by atoms with van der Waals surface area (Å²) >= 11 is 0. The van der Waals surface area contributed by atoms with Crippen LogP contribution in [0.25, 0.3) is 5.57 Å². The van der Waals surface area contributed by atoms with Crippen LogP contribution in [0.2, 0.25) is 0 Å². The molecule has 1 nitrogen and oxygen atoms in total. The molecule has 0 bridgehead atoms. The number of hydrogen-bond donors (Lipinski definition) is 0. The van der Waals surface area contributed by atoms with Gasteiger partial charge in [0.15, 0.2) is 5.78 Å². The molecule has 1 aliphatic rings. The van der Waals surface area contributed by atoms with Crippen molar-refractivity contribution in [3.8, 4) is 0 Å². The van der Waals surface area contributed by atoms with Crippen molar-refractivity contribution in [2.75, 3.05) is 0 Å². The van der Waals surface area contributed by atoms with Crippen molar-refractivity contribution in [3.05, 3.63) is 41.0 Å². The van der Waals surface area contributed by atoms with Crippen molar-refractivity contribution in [2.45, 2.75) is 19.8 Å².